The molecule has 1 aliphatic heterocycles. The smallest absolute Gasteiger partial charge is 0.308 e. The number of anilines is 1. The summed E-state index contributed by atoms with van der Waals surface area (Å²) in [5.41, 5.74) is 1.26. The summed E-state index contributed by atoms with van der Waals surface area (Å²) in [6.45, 7) is 0.578. The number of hydrogen-bond acceptors (Lipinski definition) is 2. The minimum atomic E-state index is -0.530. The van der Waals surface area contributed by atoms with Crippen LogP contribution in [0.1, 0.15) is 10.9 Å². The molecule has 0 unspecified atom stereocenters. The first kappa shape index (κ1) is 17.7. The number of thioether (sulfide) groups is 1. The molecule has 126 valence electrons. The predicted molar refractivity (Wildman–Crippen MR) is 98.8 cm³/mol. The maximum Gasteiger partial charge on any atom is 0.323 e. The summed E-state index contributed by atoms with van der Waals surface area (Å²) in [6, 6.07) is 8.99. The van der Waals surface area contributed by atoms with Crippen molar-refractivity contribution in [3.8, 4) is 0 Å². The molecule has 0 radical (unpaired) electrons. The molecule has 2 aromatic carbocycles. The Kier molecular flexibility index (Phi) is 5.45. The van der Waals surface area contributed by atoms with E-state index >= 15 is 0 Å². The molecule has 3 nitrogen and oxygen atoms in total. The molecule has 0 saturated carbocycles. The molecule has 1 heterocycles. The fourth-order valence-electron chi connectivity index (χ4n) is 2.41. The van der Waals surface area contributed by atoms with E-state index in [0.717, 1.165) is 11.3 Å². The first-order valence-electron chi connectivity index (χ1n) is 7.05. The van der Waals surface area contributed by atoms with Crippen LogP contribution in [0.15, 0.2) is 36.4 Å². The van der Waals surface area contributed by atoms with Crippen LogP contribution in [0.3, 0.4) is 0 Å². The number of urea groups is 1. The van der Waals surface area contributed by atoms with E-state index in [9.17, 15) is 9.18 Å². The number of amides is 2. The van der Waals surface area contributed by atoms with E-state index in [0.29, 0.717) is 22.3 Å². The van der Waals surface area contributed by atoms with Gasteiger partial charge in [0.15, 0.2) is 0 Å². The van der Waals surface area contributed by atoms with Crippen LogP contribution in [0.5, 0.6) is 0 Å². The Hall–Kier alpha value is -1.14. The fraction of sp³-hybridized carbons (Fsp3) is 0.188. The van der Waals surface area contributed by atoms with Crippen LogP contribution in [0.2, 0.25) is 15.1 Å². The molecule has 1 fully saturated rings. The molecule has 24 heavy (non-hydrogen) atoms. The van der Waals surface area contributed by atoms with Gasteiger partial charge in [0, 0.05) is 33.6 Å². The zero-order valence-electron chi connectivity index (χ0n) is 12.2. The summed E-state index contributed by atoms with van der Waals surface area (Å²) < 4.78 is 13.2. The summed E-state index contributed by atoms with van der Waals surface area (Å²) in [5, 5.41) is 3.56. The topological polar surface area (TPSA) is 32.3 Å². The lowest BCUT2D eigenvalue weighted by Crippen LogP contribution is -2.34. The van der Waals surface area contributed by atoms with Crippen molar-refractivity contribution in [2.45, 2.75) is 5.37 Å². The zero-order valence-corrected chi connectivity index (χ0v) is 15.3. The molecule has 1 saturated heterocycles. The largest absolute Gasteiger partial charge is 0.323 e. The minimum absolute atomic E-state index is 0.0408. The lowest BCUT2D eigenvalue weighted by molar-refractivity contribution is 0.214. The molecular weight excluding hydrogens is 394 g/mol. The Morgan fingerprint density at radius 1 is 1.17 bits per heavy atom. The Balaban J connectivity index is 1.79. The quantitative estimate of drug-likeness (QED) is 0.658. The molecule has 0 aliphatic carbocycles. The van der Waals surface area contributed by atoms with Gasteiger partial charge in [-0.3, -0.25) is 0 Å². The standard InChI is InChI=1S/C16H12Cl3FN2OS/c17-9-1-3-11(12(18)7-9)15-22(5-6-24-15)16(23)21-10-2-4-14(20)13(19)8-10/h1-4,7-8,15H,5-6H2,(H,21,23)/t15-/m1/s1. The number of rotatable bonds is 2. The third kappa shape index (κ3) is 3.75. The predicted octanol–water partition coefficient (Wildman–Crippen LogP) is 6.07. The second kappa shape index (κ2) is 7.40. The Bertz CT molecular complexity index is 790. The summed E-state index contributed by atoms with van der Waals surface area (Å²) in [4.78, 5) is 14.2. The van der Waals surface area contributed by atoms with Gasteiger partial charge >= 0.3 is 6.03 Å². The van der Waals surface area contributed by atoms with Gasteiger partial charge in [0.2, 0.25) is 0 Å². The maximum atomic E-state index is 13.2. The molecule has 0 aromatic heterocycles. The van der Waals surface area contributed by atoms with Crippen molar-refractivity contribution in [1.82, 2.24) is 4.90 Å². The van der Waals surface area contributed by atoms with Crippen LogP contribution in [-0.4, -0.2) is 23.2 Å². The van der Waals surface area contributed by atoms with Crippen molar-refractivity contribution in [2.75, 3.05) is 17.6 Å². The third-order valence-corrected chi connectivity index (χ3v) is 5.65. The van der Waals surface area contributed by atoms with Gasteiger partial charge < -0.3 is 10.2 Å². The number of hydrogen-bond donors (Lipinski definition) is 1. The second-order valence-electron chi connectivity index (χ2n) is 5.14. The first-order valence-corrected chi connectivity index (χ1v) is 9.23. The Labute approximate surface area is 158 Å². The first-order chi connectivity index (χ1) is 11.5. The van der Waals surface area contributed by atoms with Crippen LogP contribution >= 0.6 is 46.6 Å². The number of halogens is 4. The van der Waals surface area contributed by atoms with Gasteiger partial charge in [0.05, 0.1) is 5.02 Å². The zero-order chi connectivity index (χ0) is 17.3. The highest BCUT2D eigenvalue weighted by Gasteiger charge is 2.32. The van der Waals surface area contributed by atoms with Gasteiger partial charge in [0.1, 0.15) is 11.2 Å². The van der Waals surface area contributed by atoms with Crippen molar-refractivity contribution < 1.29 is 9.18 Å². The monoisotopic (exact) mass is 404 g/mol. The van der Waals surface area contributed by atoms with Crippen molar-refractivity contribution in [3.05, 3.63) is 62.8 Å². The minimum Gasteiger partial charge on any atom is -0.308 e. The maximum absolute atomic E-state index is 13.2. The Morgan fingerprint density at radius 3 is 2.67 bits per heavy atom. The molecular formula is C16H12Cl3FN2OS. The average molecular weight is 406 g/mol. The molecule has 1 aliphatic rings. The van der Waals surface area contributed by atoms with Gasteiger partial charge in [-0.2, -0.15) is 0 Å². The summed E-state index contributed by atoms with van der Waals surface area (Å²) in [6.07, 6.45) is 0. The van der Waals surface area contributed by atoms with Crippen molar-refractivity contribution >= 4 is 58.3 Å². The van der Waals surface area contributed by atoms with Crippen LogP contribution in [-0.2, 0) is 0 Å². The van der Waals surface area contributed by atoms with Crippen molar-refractivity contribution in [1.29, 1.82) is 0 Å². The van der Waals surface area contributed by atoms with Gasteiger partial charge in [0.25, 0.3) is 0 Å². The summed E-state index contributed by atoms with van der Waals surface area (Å²) in [7, 11) is 0. The van der Waals surface area contributed by atoms with E-state index in [-0.39, 0.29) is 16.4 Å². The lowest BCUT2D eigenvalue weighted by Gasteiger charge is -2.25. The third-order valence-electron chi connectivity index (χ3n) is 3.55. The van der Waals surface area contributed by atoms with E-state index in [1.165, 1.54) is 18.2 Å². The SMILES string of the molecule is O=C(Nc1ccc(F)c(Cl)c1)N1CCS[C@@H]1c1ccc(Cl)cc1Cl. The number of nitrogens with zero attached hydrogens (tertiary/aromatic N) is 1. The molecule has 1 N–H and O–H groups in total. The van der Waals surface area contributed by atoms with Gasteiger partial charge in [-0.25, -0.2) is 9.18 Å². The highest BCUT2D eigenvalue weighted by atomic mass is 35.5. The lowest BCUT2D eigenvalue weighted by atomic mass is 10.2. The highest BCUT2D eigenvalue weighted by molar-refractivity contribution is 7.99. The molecule has 3 rings (SSSR count). The van der Waals surface area contributed by atoms with Gasteiger partial charge in [-0.05, 0) is 30.3 Å². The second-order valence-corrected chi connectivity index (χ2v) is 7.58. The molecule has 2 aromatic rings. The van der Waals surface area contributed by atoms with Crippen LogP contribution in [0.25, 0.3) is 0 Å². The molecule has 8 heteroatoms. The highest BCUT2D eigenvalue weighted by Crippen LogP contribution is 2.41. The number of benzene rings is 2. The van der Waals surface area contributed by atoms with Crippen LogP contribution < -0.4 is 5.32 Å². The van der Waals surface area contributed by atoms with Crippen molar-refractivity contribution in [3.63, 3.8) is 0 Å². The van der Waals surface area contributed by atoms with Crippen LogP contribution in [0.4, 0.5) is 14.9 Å². The van der Waals surface area contributed by atoms with Crippen molar-refractivity contribution in [2.24, 2.45) is 0 Å². The van der Waals surface area contributed by atoms with Crippen LogP contribution in [0, 0.1) is 5.82 Å². The van der Waals surface area contributed by atoms with E-state index in [4.69, 9.17) is 34.8 Å². The number of nitrogens with one attached hydrogen (secondary N) is 1. The van der Waals surface area contributed by atoms with E-state index < -0.39 is 5.82 Å². The van der Waals surface area contributed by atoms with E-state index in [1.54, 1.807) is 28.8 Å². The molecule has 0 bridgehead atoms. The average Bonchev–Trinajstić information content (AvgIpc) is 3.00. The fourth-order valence-corrected chi connectivity index (χ4v) is 4.46. The molecule has 0 spiro atoms. The summed E-state index contributed by atoms with van der Waals surface area (Å²) >= 11 is 19.6. The van der Waals surface area contributed by atoms with Gasteiger partial charge in [-0.15, -0.1) is 11.8 Å². The number of carbonyl (C=O) groups is 1. The molecule has 1 atom stereocenters. The van der Waals surface area contributed by atoms with E-state index in [1.807, 2.05) is 6.07 Å². The Morgan fingerprint density at radius 2 is 1.96 bits per heavy atom. The number of carbonyl (C=O) groups excluding carboxylic acids is 1. The normalized spacial score (nSPS) is 17.2. The van der Waals surface area contributed by atoms with Gasteiger partial charge in [-0.1, -0.05) is 40.9 Å². The van der Waals surface area contributed by atoms with E-state index in [2.05, 4.69) is 5.32 Å². The summed E-state index contributed by atoms with van der Waals surface area (Å²) in [5.74, 6) is 0.263. The molecule has 2 amide bonds.